The highest BCUT2D eigenvalue weighted by Crippen LogP contribution is 2.23. The van der Waals surface area contributed by atoms with Crippen LogP contribution in [0.15, 0.2) is 18.2 Å². The third kappa shape index (κ3) is 3.33. The fourth-order valence-corrected chi connectivity index (χ4v) is 1.69. The van der Waals surface area contributed by atoms with E-state index in [1.807, 2.05) is 0 Å². The molecule has 84 valence electrons. The van der Waals surface area contributed by atoms with E-state index in [9.17, 15) is 0 Å². The summed E-state index contributed by atoms with van der Waals surface area (Å²) in [6, 6.07) is 6.51. The number of aryl methyl sites for hydroxylation is 2. The van der Waals surface area contributed by atoms with Crippen molar-refractivity contribution in [3.05, 3.63) is 34.9 Å². The number of ether oxygens (including phenoxy) is 1. The number of hydrogen-bond acceptors (Lipinski definition) is 2. The van der Waals surface area contributed by atoms with Crippen molar-refractivity contribution in [1.29, 1.82) is 0 Å². The molecule has 0 amide bonds. The van der Waals surface area contributed by atoms with Gasteiger partial charge in [0.15, 0.2) is 0 Å². The van der Waals surface area contributed by atoms with Gasteiger partial charge in [0.1, 0.15) is 0 Å². The van der Waals surface area contributed by atoms with Gasteiger partial charge in [0.05, 0.1) is 6.10 Å². The van der Waals surface area contributed by atoms with Crippen LogP contribution in [-0.4, -0.2) is 13.7 Å². The van der Waals surface area contributed by atoms with E-state index < -0.39 is 0 Å². The zero-order chi connectivity index (χ0) is 11.3. The monoisotopic (exact) mass is 207 g/mol. The maximum Gasteiger partial charge on any atom is 0.0821 e. The normalized spacial score (nSPS) is 12.8. The summed E-state index contributed by atoms with van der Waals surface area (Å²) in [5, 5.41) is 0. The van der Waals surface area contributed by atoms with E-state index in [2.05, 4.69) is 32.0 Å². The highest BCUT2D eigenvalue weighted by Gasteiger charge is 2.10. The summed E-state index contributed by atoms with van der Waals surface area (Å²) in [6.07, 6.45) is 2.19. The number of methoxy groups -OCH3 is 1. The van der Waals surface area contributed by atoms with Gasteiger partial charge in [-0.3, -0.25) is 0 Å². The maximum atomic E-state index is 5.51. The molecular weight excluding hydrogens is 186 g/mol. The Morgan fingerprint density at radius 1 is 1.27 bits per heavy atom. The molecule has 1 unspecified atom stereocenters. The van der Waals surface area contributed by atoms with Crippen LogP contribution in [0.2, 0.25) is 0 Å². The molecule has 0 fully saturated rings. The Hall–Kier alpha value is -0.860. The van der Waals surface area contributed by atoms with Gasteiger partial charge in [-0.1, -0.05) is 18.2 Å². The minimum atomic E-state index is 0.188. The molecule has 0 bridgehead atoms. The van der Waals surface area contributed by atoms with Crippen molar-refractivity contribution in [3.8, 4) is 0 Å². The molecule has 0 saturated heterocycles. The highest BCUT2D eigenvalue weighted by atomic mass is 16.5. The fraction of sp³-hybridized carbons (Fsp3) is 0.538. The molecule has 2 nitrogen and oxygen atoms in total. The Labute approximate surface area is 92.4 Å². The van der Waals surface area contributed by atoms with E-state index in [1.54, 1.807) is 7.11 Å². The molecule has 0 aliphatic heterocycles. The van der Waals surface area contributed by atoms with Crippen molar-refractivity contribution in [2.24, 2.45) is 5.73 Å². The Morgan fingerprint density at radius 2 is 2.00 bits per heavy atom. The van der Waals surface area contributed by atoms with Crippen LogP contribution in [0.4, 0.5) is 0 Å². The Balaban J connectivity index is 2.78. The smallest absolute Gasteiger partial charge is 0.0821 e. The van der Waals surface area contributed by atoms with Crippen LogP contribution in [0.25, 0.3) is 0 Å². The van der Waals surface area contributed by atoms with Gasteiger partial charge in [-0.15, -0.1) is 0 Å². The molecule has 1 aromatic rings. The average Bonchev–Trinajstić information content (AvgIpc) is 2.24. The van der Waals surface area contributed by atoms with E-state index >= 15 is 0 Å². The van der Waals surface area contributed by atoms with Crippen molar-refractivity contribution in [2.45, 2.75) is 32.8 Å². The zero-order valence-electron chi connectivity index (χ0n) is 9.92. The lowest BCUT2D eigenvalue weighted by Crippen LogP contribution is -2.06. The summed E-state index contributed by atoms with van der Waals surface area (Å²) in [6.45, 7) is 4.99. The topological polar surface area (TPSA) is 35.2 Å². The van der Waals surface area contributed by atoms with Gasteiger partial charge in [0.25, 0.3) is 0 Å². The van der Waals surface area contributed by atoms with Crippen LogP contribution < -0.4 is 5.73 Å². The molecule has 1 aromatic carbocycles. The summed E-state index contributed by atoms with van der Waals surface area (Å²) in [7, 11) is 1.76. The van der Waals surface area contributed by atoms with Gasteiger partial charge in [0.2, 0.25) is 0 Å². The number of benzene rings is 1. The van der Waals surface area contributed by atoms with Crippen LogP contribution in [-0.2, 0) is 4.74 Å². The molecule has 15 heavy (non-hydrogen) atoms. The molecule has 1 rings (SSSR count). The first-order chi connectivity index (χ1) is 7.19. The first-order valence-electron chi connectivity index (χ1n) is 5.49. The van der Waals surface area contributed by atoms with Crippen LogP contribution in [0.1, 0.15) is 35.6 Å². The van der Waals surface area contributed by atoms with E-state index in [4.69, 9.17) is 10.5 Å². The average molecular weight is 207 g/mol. The van der Waals surface area contributed by atoms with Crippen molar-refractivity contribution >= 4 is 0 Å². The zero-order valence-corrected chi connectivity index (χ0v) is 9.92. The molecule has 2 heteroatoms. The predicted octanol–water partition coefficient (Wildman–Crippen LogP) is 2.73. The molecule has 0 aliphatic rings. The van der Waals surface area contributed by atoms with Crippen molar-refractivity contribution < 1.29 is 4.74 Å². The molecule has 0 aromatic heterocycles. The summed E-state index contributed by atoms with van der Waals surface area (Å²) in [4.78, 5) is 0. The van der Waals surface area contributed by atoms with Gasteiger partial charge in [-0.25, -0.2) is 0 Å². The summed E-state index contributed by atoms with van der Waals surface area (Å²) >= 11 is 0. The Bertz CT molecular complexity index is 309. The lowest BCUT2D eigenvalue weighted by molar-refractivity contribution is 0.0943. The van der Waals surface area contributed by atoms with Gasteiger partial charge in [-0.05, 0) is 49.9 Å². The van der Waals surface area contributed by atoms with Gasteiger partial charge in [0, 0.05) is 7.11 Å². The Morgan fingerprint density at radius 3 is 2.53 bits per heavy atom. The quantitative estimate of drug-likeness (QED) is 0.805. The lowest BCUT2D eigenvalue weighted by atomic mass is 10.00. The second-order valence-electron chi connectivity index (χ2n) is 4.00. The molecular formula is C13H21NO. The van der Waals surface area contributed by atoms with E-state index in [0.717, 1.165) is 19.4 Å². The standard InChI is InChI=1S/C13H21NO/c1-10-6-7-12(9-11(10)2)13(15-3)5-4-8-14/h6-7,9,13H,4-5,8,14H2,1-3H3. The minimum Gasteiger partial charge on any atom is -0.377 e. The molecule has 0 aliphatic carbocycles. The second-order valence-corrected chi connectivity index (χ2v) is 4.00. The number of nitrogens with two attached hydrogens (primary N) is 1. The fourth-order valence-electron chi connectivity index (χ4n) is 1.69. The van der Waals surface area contributed by atoms with Gasteiger partial charge >= 0.3 is 0 Å². The van der Waals surface area contributed by atoms with Gasteiger partial charge in [-0.2, -0.15) is 0 Å². The summed E-state index contributed by atoms with van der Waals surface area (Å²) < 4.78 is 5.48. The van der Waals surface area contributed by atoms with Crippen LogP contribution in [0.3, 0.4) is 0 Å². The Kier molecular flexibility index (Phi) is 4.79. The molecule has 1 atom stereocenters. The largest absolute Gasteiger partial charge is 0.377 e. The first kappa shape index (κ1) is 12.2. The predicted molar refractivity (Wildman–Crippen MR) is 64.0 cm³/mol. The van der Waals surface area contributed by atoms with Crippen LogP contribution in [0.5, 0.6) is 0 Å². The van der Waals surface area contributed by atoms with Crippen molar-refractivity contribution in [3.63, 3.8) is 0 Å². The number of hydrogen-bond donors (Lipinski definition) is 1. The molecule has 0 spiro atoms. The van der Waals surface area contributed by atoms with E-state index in [1.165, 1.54) is 16.7 Å². The molecule has 2 N–H and O–H groups in total. The van der Waals surface area contributed by atoms with Crippen molar-refractivity contribution in [1.82, 2.24) is 0 Å². The SMILES string of the molecule is COC(CCCN)c1ccc(C)c(C)c1. The lowest BCUT2D eigenvalue weighted by Gasteiger charge is -2.16. The minimum absolute atomic E-state index is 0.188. The van der Waals surface area contributed by atoms with Gasteiger partial charge < -0.3 is 10.5 Å². The maximum absolute atomic E-state index is 5.51. The highest BCUT2D eigenvalue weighted by molar-refractivity contribution is 5.31. The third-order valence-electron chi connectivity index (χ3n) is 2.86. The van der Waals surface area contributed by atoms with Crippen molar-refractivity contribution in [2.75, 3.05) is 13.7 Å². The summed E-state index contributed by atoms with van der Waals surface area (Å²) in [5.41, 5.74) is 9.41. The van der Waals surface area contributed by atoms with E-state index in [0.29, 0.717) is 0 Å². The first-order valence-corrected chi connectivity index (χ1v) is 5.49. The molecule has 0 radical (unpaired) electrons. The van der Waals surface area contributed by atoms with Crippen LogP contribution >= 0.6 is 0 Å². The molecule has 0 heterocycles. The second kappa shape index (κ2) is 5.89. The molecule has 0 saturated carbocycles. The third-order valence-corrected chi connectivity index (χ3v) is 2.86. The van der Waals surface area contributed by atoms with E-state index in [-0.39, 0.29) is 6.10 Å². The van der Waals surface area contributed by atoms with Crippen LogP contribution in [0, 0.1) is 13.8 Å². The number of rotatable bonds is 5. The summed E-state index contributed by atoms with van der Waals surface area (Å²) in [5.74, 6) is 0.